The van der Waals surface area contributed by atoms with Crippen molar-refractivity contribution in [2.24, 2.45) is 0 Å². The van der Waals surface area contributed by atoms with Gasteiger partial charge in [-0.25, -0.2) is 0 Å². The van der Waals surface area contributed by atoms with Gasteiger partial charge in [-0.3, -0.25) is 4.98 Å². The second-order valence-corrected chi connectivity index (χ2v) is 3.13. The molecular weight excluding hydrogens is 162 g/mol. The lowest BCUT2D eigenvalue weighted by Gasteiger charge is -2.04. The maximum absolute atomic E-state index is 9.36. The van der Waals surface area contributed by atoms with Crippen molar-refractivity contribution in [1.29, 1.82) is 0 Å². The average Bonchev–Trinajstić information content (AvgIpc) is 2.17. The molecule has 2 heteroatoms. The third-order valence-electron chi connectivity index (χ3n) is 2.11. The molecule has 1 aromatic carbocycles. The molecule has 66 valence electrons. The van der Waals surface area contributed by atoms with Gasteiger partial charge in [-0.15, -0.1) is 0 Å². The van der Waals surface area contributed by atoms with Crippen LogP contribution in [0.5, 0.6) is 0 Å². The minimum atomic E-state index is -0.425. The molecule has 0 saturated heterocycles. The maximum atomic E-state index is 9.36. The van der Waals surface area contributed by atoms with Crippen LogP contribution in [0, 0.1) is 0 Å². The number of hydrogen-bond acceptors (Lipinski definition) is 2. The number of aromatic nitrogens is 1. The van der Waals surface area contributed by atoms with Crippen LogP contribution in [-0.4, -0.2) is 10.1 Å². The minimum Gasteiger partial charge on any atom is -0.389 e. The highest BCUT2D eigenvalue weighted by Crippen LogP contribution is 2.17. The summed E-state index contributed by atoms with van der Waals surface area (Å²) in [5.41, 5.74) is 1.84. The molecule has 0 saturated carbocycles. The van der Waals surface area contributed by atoms with E-state index in [4.69, 9.17) is 0 Å². The zero-order valence-corrected chi connectivity index (χ0v) is 7.44. The summed E-state index contributed by atoms with van der Waals surface area (Å²) in [6.07, 6.45) is 1.33. The predicted octanol–water partition coefficient (Wildman–Crippen LogP) is 2.29. The highest BCUT2D eigenvalue weighted by Gasteiger charge is 2.01. The van der Waals surface area contributed by atoms with Crippen molar-refractivity contribution in [2.75, 3.05) is 0 Å². The summed E-state index contributed by atoms with van der Waals surface area (Å²) in [4.78, 5) is 4.21. The molecule has 0 aliphatic heterocycles. The first-order valence-electron chi connectivity index (χ1n) is 4.30. The predicted molar refractivity (Wildman–Crippen MR) is 52.4 cm³/mol. The fraction of sp³-hybridized carbons (Fsp3) is 0.182. The third-order valence-corrected chi connectivity index (χ3v) is 2.11. The Kier molecular flexibility index (Phi) is 1.99. The molecule has 0 radical (unpaired) electrons. The summed E-state index contributed by atoms with van der Waals surface area (Å²) in [7, 11) is 0. The molecular formula is C11H11NO. The maximum Gasteiger partial charge on any atom is 0.0762 e. The molecule has 1 aromatic heterocycles. The van der Waals surface area contributed by atoms with Crippen LogP contribution in [-0.2, 0) is 0 Å². The molecule has 2 aromatic rings. The van der Waals surface area contributed by atoms with E-state index in [0.29, 0.717) is 0 Å². The Bertz CT molecular complexity index is 423. The molecule has 2 rings (SSSR count). The largest absolute Gasteiger partial charge is 0.389 e. The topological polar surface area (TPSA) is 33.1 Å². The number of nitrogens with zero attached hydrogens (tertiary/aromatic N) is 1. The molecule has 0 unspecified atom stereocenters. The van der Waals surface area contributed by atoms with Gasteiger partial charge in [-0.05, 0) is 24.6 Å². The van der Waals surface area contributed by atoms with Gasteiger partial charge in [0.05, 0.1) is 11.6 Å². The molecule has 0 amide bonds. The van der Waals surface area contributed by atoms with Gasteiger partial charge in [0.15, 0.2) is 0 Å². The highest BCUT2D eigenvalue weighted by atomic mass is 16.3. The third kappa shape index (κ3) is 1.53. The van der Waals surface area contributed by atoms with E-state index in [9.17, 15) is 5.11 Å². The number of aliphatic hydroxyl groups is 1. The van der Waals surface area contributed by atoms with Crippen molar-refractivity contribution < 1.29 is 5.11 Å². The summed E-state index contributed by atoms with van der Waals surface area (Å²) in [6, 6.07) is 9.73. The zero-order valence-electron chi connectivity index (χ0n) is 7.44. The summed E-state index contributed by atoms with van der Waals surface area (Å²) >= 11 is 0. The van der Waals surface area contributed by atoms with Gasteiger partial charge >= 0.3 is 0 Å². The van der Waals surface area contributed by atoms with Crippen molar-refractivity contribution in [3.05, 3.63) is 42.1 Å². The minimum absolute atomic E-state index is 0.425. The Labute approximate surface area is 76.9 Å². The van der Waals surface area contributed by atoms with Crippen LogP contribution in [0.4, 0.5) is 0 Å². The summed E-state index contributed by atoms with van der Waals surface area (Å²) in [5, 5.41) is 10.5. The monoisotopic (exact) mass is 173 g/mol. The van der Waals surface area contributed by atoms with Crippen LogP contribution < -0.4 is 0 Å². The van der Waals surface area contributed by atoms with E-state index >= 15 is 0 Å². The number of pyridine rings is 1. The van der Waals surface area contributed by atoms with E-state index in [0.717, 1.165) is 16.5 Å². The Morgan fingerprint density at radius 1 is 1.31 bits per heavy atom. The molecule has 0 spiro atoms. The molecule has 1 N–H and O–H groups in total. The lowest BCUT2D eigenvalue weighted by molar-refractivity contribution is 0.199. The van der Waals surface area contributed by atoms with E-state index in [1.165, 1.54) is 0 Å². The van der Waals surface area contributed by atoms with Crippen molar-refractivity contribution in [2.45, 2.75) is 13.0 Å². The second-order valence-electron chi connectivity index (χ2n) is 3.13. The van der Waals surface area contributed by atoms with Gasteiger partial charge < -0.3 is 5.11 Å². The summed E-state index contributed by atoms with van der Waals surface area (Å²) in [6.45, 7) is 1.75. The number of rotatable bonds is 1. The lowest BCUT2D eigenvalue weighted by Crippen LogP contribution is -1.90. The first-order chi connectivity index (χ1) is 6.27. The number of aliphatic hydroxyl groups excluding tert-OH is 1. The van der Waals surface area contributed by atoms with E-state index in [2.05, 4.69) is 4.98 Å². The van der Waals surface area contributed by atoms with Crippen molar-refractivity contribution in [3.8, 4) is 0 Å². The summed E-state index contributed by atoms with van der Waals surface area (Å²) in [5.74, 6) is 0. The van der Waals surface area contributed by atoms with E-state index < -0.39 is 6.10 Å². The van der Waals surface area contributed by atoms with Crippen molar-refractivity contribution in [3.63, 3.8) is 0 Å². The van der Waals surface area contributed by atoms with Crippen LogP contribution in [0.3, 0.4) is 0 Å². The van der Waals surface area contributed by atoms with Crippen LogP contribution in [0.1, 0.15) is 18.6 Å². The molecule has 0 bridgehead atoms. The molecule has 1 atom stereocenters. The molecule has 0 aliphatic carbocycles. The van der Waals surface area contributed by atoms with Gasteiger partial charge in [0.1, 0.15) is 0 Å². The molecule has 0 fully saturated rings. The van der Waals surface area contributed by atoms with Crippen LogP contribution in [0.25, 0.3) is 10.9 Å². The zero-order chi connectivity index (χ0) is 9.26. The lowest BCUT2D eigenvalue weighted by atomic mass is 10.1. The molecule has 1 heterocycles. The van der Waals surface area contributed by atoms with Crippen LogP contribution >= 0.6 is 0 Å². The normalized spacial score (nSPS) is 13.1. The Balaban J connectivity index is 2.62. The SMILES string of the molecule is C[C@H](O)c1ccc2cccnc2c1. The Morgan fingerprint density at radius 3 is 2.92 bits per heavy atom. The Morgan fingerprint density at radius 2 is 2.15 bits per heavy atom. The molecule has 2 nitrogen and oxygen atoms in total. The van der Waals surface area contributed by atoms with Crippen molar-refractivity contribution >= 4 is 10.9 Å². The van der Waals surface area contributed by atoms with E-state index in [1.54, 1.807) is 13.1 Å². The first kappa shape index (κ1) is 8.20. The molecule has 0 aliphatic rings. The Hall–Kier alpha value is -1.41. The van der Waals surface area contributed by atoms with E-state index in [1.807, 2.05) is 30.3 Å². The average molecular weight is 173 g/mol. The van der Waals surface area contributed by atoms with Gasteiger partial charge in [0.2, 0.25) is 0 Å². The fourth-order valence-corrected chi connectivity index (χ4v) is 1.34. The highest BCUT2D eigenvalue weighted by molar-refractivity contribution is 5.78. The second kappa shape index (κ2) is 3.15. The van der Waals surface area contributed by atoms with Crippen LogP contribution in [0.15, 0.2) is 36.5 Å². The van der Waals surface area contributed by atoms with Crippen LogP contribution in [0.2, 0.25) is 0 Å². The molecule has 13 heavy (non-hydrogen) atoms. The quantitative estimate of drug-likeness (QED) is 0.717. The van der Waals surface area contributed by atoms with E-state index in [-0.39, 0.29) is 0 Å². The smallest absolute Gasteiger partial charge is 0.0762 e. The van der Waals surface area contributed by atoms with Crippen molar-refractivity contribution in [1.82, 2.24) is 4.98 Å². The number of hydrogen-bond donors (Lipinski definition) is 1. The van der Waals surface area contributed by atoms with Gasteiger partial charge in [0.25, 0.3) is 0 Å². The first-order valence-corrected chi connectivity index (χ1v) is 4.30. The number of fused-ring (bicyclic) bond motifs is 1. The van der Waals surface area contributed by atoms with Gasteiger partial charge in [-0.2, -0.15) is 0 Å². The summed E-state index contributed by atoms with van der Waals surface area (Å²) < 4.78 is 0. The standard InChI is InChI=1S/C11H11NO/c1-8(13)10-5-4-9-3-2-6-12-11(9)7-10/h2-8,13H,1H3/t8-/m0/s1. The van der Waals surface area contributed by atoms with Gasteiger partial charge in [-0.1, -0.05) is 18.2 Å². The fourth-order valence-electron chi connectivity index (χ4n) is 1.34. The number of benzene rings is 1. The van der Waals surface area contributed by atoms with Gasteiger partial charge in [0, 0.05) is 11.6 Å².